The molecule has 0 radical (unpaired) electrons. The third-order valence-electron chi connectivity index (χ3n) is 3.43. The van der Waals surface area contributed by atoms with Crippen LogP contribution in [-0.2, 0) is 0 Å². The molecule has 4 heteroatoms. The van der Waals surface area contributed by atoms with E-state index in [0.29, 0.717) is 0 Å². The van der Waals surface area contributed by atoms with Crippen molar-refractivity contribution in [2.75, 3.05) is 18.5 Å². The molecule has 1 aromatic carbocycles. The Hall–Kier alpha value is -1.03. The summed E-state index contributed by atoms with van der Waals surface area (Å²) >= 11 is 3.55. The smallest absolute Gasteiger partial charge is 0.122 e. The fraction of sp³-hybridized carbons (Fsp3) is 0.462. The summed E-state index contributed by atoms with van der Waals surface area (Å²) in [6, 6.07) is 5.84. The minimum Gasteiger partial charge on any atom is -0.384 e. The highest BCUT2D eigenvalue weighted by molar-refractivity contribution is 9.10. The second-order valence-corrected chi connectivity index (χ2v) is 5.61. The van der Waals surface area contributed by atoms with Crippen molar-refractivity contribution in [3.05, 3.63) is 28.2 Å². The van der Waals surface area contributed by atoms with Crippen molar-refractivity contribution < 1.29 is 0 Å². The number of hydrogen-bond acceptors (Lipinski definition) is 2. The Morgan fingerprint density at radius 3 is 2.71 bits per heavy atom. The number of rotatable bonds is 4. The maximum absolute atomic E-state index is 7.41. The number of anilines is 1. The molecular weight excluding hydrogens is 278 g/mol. The van der Waals surface area contributed by atoms with Gasteiger partial charge in [0.25, 0.3) is 0 Å². The molecular formula is C13H18BrN3. The van der Waals surface area contributed by atoms with E-state index in [9.17, 15) is 0 Å². The van der Waals surface area contributed by atoms with Crippen LogP contribution < -0.4 is 10.6 Å². The van der Waals surface area contributed by atoms with Crippen molar-refractivity contribution in [2.45, 2.75) is 19.3 Å². The van der Waals surface area contributed by atoms with E-state index < -0.39 is 0 Å². The van der Waals surface area contributed by atoms with Crippen LogP contribution >= 0.6 is 15.9 Å². The molecule has 0 saturated heterocycles. The van der Waals surface area contributed by atoms with Crippen LogP contribution in [0.4, 0.5) is 5.69 Å². The molecule has 1 aromatic rings. The van der Waals surface area contributed by atoms with Crippen molar-refractivity contribution in [1.82, 2.24) is 0 Å². The summed E-state index contributed by atoms with van der Waals surface area (Å²) in [5.41, 5.74) is 7.40. The van der Waals surface area contributed by atoms with Gasteiger partial charge in [0.05, 0.1) is 5.69 Å². The minimum absolute atomic E-state index is 0.110. The number of nitrogens with one attached hydrogen (secondary N) is 1. The largest absolute Gasteiger partial charge is 0.384 e. The number of halogens is 1. The lowest BCUT2D eigenvalue weighted by molar-refractivity contribution is 0.321. The van der Waals surface area contributed by atoms with Crippen LogP contribution in [0.3, 0.4) is 0 Å². The Morgan fingerprint density at radius 1 is 1.53 bits per heavy atom. The molecule has 3 nitrogen and oxygen atoms in total. The second kappa shape index (κ2) is 5.08. The topological polar surface area (TPSA) is 53.1 Å². The molecule has 1 aliphatic carbocycles. The van der Waals surface area contributed by atoms with Gasteiger partial charge in [-0.2, -0.15) is 0 Å². The zero-order valence-electron chi connectivity index (χ0n) is 10.0. The molecule has 0 amide bonds. The zero-order valence-corrected chi connectivity index (χ0v) is 11.6. The van der Waals surface area contributed by atoms with Gasteiger partial charge in [-0.1, -0.05) is 6.42 Å². The Labute approximate surface area is 111 Å². The van der Waals surface area contributed by atoms with Crippen LogP contribution in [0, 0.1) is 11.3 Å². The van der Waals surface area contributed by atoms with Crippen LogP contribution in [-0.4, -0.2) is 19.4 Å². The van der Waals surface area contributed by atoms with E-state index in [1.54, 1.807) is 0 Å². The fourth-order valence-corrected chi connectivity index (χ4v) is 2.83. The summed E-state index contributed by atoms with van der Waals surface area (Å²) < 4.78 is 1.01. The Bertz CT molecular complexity index is 427. The third-order valence-corrected chi connectivity index (χ3v) is 4.06. The zero-order chi connectivity index (χ0) is 12.4. The molecule has 0 spiro atoms. The Morgan fingerprint density at radius 2 is 2.24 bits per heavy atom. The van der Waals surface area contributed by atoms with Gasteiger partial charge in [-0.3, -0.25) is 5.41 Å². The number of nitrogens with zero attached hydrogens (tertiary/aromatic N) is 1. The summed E-state index contributed by atoms with van der Waals surface area (Å²) in [4.78, 5) is 2.28. The highest BCUT2D eigenvalue weighted by Gasteiger charge is 2.20. The highest BCUT2D eigenvalue weighted by atomic mass is 79.9. The molecule has 0 aliphatic heterocycles. The second-order valence-electron chi connectivity index (χ2n) is 4.76. The maximum Gasteiger partial charge on any atom is 0.122 e. The predicted octanol–water partition coefficient (Wildman–Crippen LogP) is 2.97. The normalized spacial score (nSPS) is 15.4. The lowest BCUT2D eigenvalue weighted by Crippen LogP contribution is -2.29. The Kier molecular flexibility index (Phi) is 3.72. The molecule has 0 atom stereocenters. The summed E-state index contributed by atoms with van der Waals surface area (Å²) in [5.74, 6) is 0.957. The predicted molar refractivity (Wildman–Crippen MR) is 75.8 cm³/mol. The number of amidine groups is 1. The van der Waals surface area contributed by atoms with Crippen molar-refractivity contribution >= 4 is 27.5 Å². The number of nitrogens with two attached hydrogens (primary N) is 1. The van der Waals surface area contributed by atoms with Gasteiger partial charge >= 0.3 is 0 Å². The van der Waals surface area contributed by atoms with Crippen molar-refractivity contribution in [3.8, 4) is 0 Å². The van der Waals surface area contributed by atoms with Crippen molar-refractivity contribution in [1.29, 1.82) is 5.41 Å². The van der Waals surface area contributed by atoms with Gasteiger partial charge in [0, 0.05) is 23.6 Å². The van der Waals surface area contributed by atoms with E-state index in [0.717, 1.165) is 22.5 Å². The first-order valence-corrected chi connectivity index (χ1v) is 6.72. The quantitative estimate of drug-likeness (QED) is 0.663. The van der Waals surface area contributed by atoms with Crippen LogP contribution in [0.1, 0.15) is 24.8 Å². The van der Waals surface area contributed by atoms with Crippen LogP contribution in [0.25, 0.3) is 0 Å². The van der Waals surface area contributed by atoms with Gasteiger partial charge < -0.3 is 10.6 Å². The fourth-order valence-electron chi connectivity index (χ4n) is 2.15. The van der Waals surface area contributed by atoms with Crippen LogP contribution in [0.5, 0.6) is 0 Å². The van der Waals surface area contributed by atoms with Gasteiger partial charge in [0.2, 0.25) is 0 Å². The van der Waals surface area contributed by atoms with Crippen molar-refractivity contribution in [2.24, 2.45) is 11.7 Å². The molecule has 0 bridgehead atoms. The monoisotopic (exact) mass is 295 g/mol. The van der Waals surface area contributed by atoms with Crippen molar-refractivity contribution in [3.63, 3.8) is 0 Å². The van der Waals surface area contributed by atoms with E-state index in [4.69, 9.17) is 11.1 Å². The standard InChI is InChI=1S/C13H18BrN3/c1-17(8-9-3-2-4-9)12-6-5-10(13(15)16)7-11(12)14/h5-7,9H,2-4,8H2,1H3,(H3,15,16). The third kappa shape index (κ3) is 2.80. The molecule has 2 rings (SSSR count). The molecule has 1 aliphatic rings. The lowest BCUT2D eigenvalue weighted by atomic mass is 9.85. The van der Waals surface area contributed by atoms with E-state index in [1.165, 1.54) is 24.9 Å². The molecule has 0 aromatic heterocycles. The van der Waals surface area contributed by atoms with Gasteiger partial charge in [0.15, 0.2) is 0 Å². The molecule has 1 saturated carbocycles. The van der Waals surface area contributed by atoms with Crippen LogP contribution in [0.15, 0.2) is 22.7 Å². The van der Waals surface area contributed by atoms with E-state index >= 15 is 0 Å². The molecule has 1 fully saturated rings. The van der Waals surface area contributed by atoms with E-state index in [1.807, 2.05) is 18.2 Å². The SMILES string of the molecule is CN(CC1CCC1)c1ccc(C(=N)N)cc1Br. The van der Waals surface area contributed by atoms with Gasteiger partial charge in [-0.05, 0) is 52.9 Å². The van der Waals surface area contributed by atoms with Crippen LogP contribution in [0.2, 0.25) is 0 Å². The lowest BCUT2D eigenvalue weighted by Gasteiger charge is -2.31. The minimum atomic E-state index is 0.110. The Balaban J connectivity index is 2.11. The van der Waals surface area contributed by atoms with E-state index in [2.05, 4.69) is 27.9 Å². The first-order chi connectivity index (χ1) is 8.08. The summed E-state index contributed by atoms with van der Waals surface area (Å²) in [7, 11) is 2.12. The maximum atomic E-state index is 7.41. The first kappa shape index (κ1) is 12.4. The average Bonchev–Trinajstić information content (AvgIpc) is 2.22. The molecule has 0 unspecified atom stereocenters. The van der Waals surface area contributed by atoms with E-state index in [-0.39, 0.29) is 5.84 Å². The van der Waals surface area contributed by atoms with Gasteiger partial charge in [-0.25, -0.2) is 0 Å². The average molecular weight is 296 g/mol. The summed E-state index contributed by atoms with van der Waals surface area (Å²) in [5, 5.41) is 7.41. The van der Waals surface area contributed by atoms with Gasteiger partial charge in [0.1, 0.15) is 5.84 Å². The first-order valence-electron chi connectivity index (χ1n) is 5.93. The summed E-state index contributed by atoms with van der Waals surface area (Å²) in [6.07, 6.45) is 4.09. The number of hydrogen-bond donors (Lipinski definition) is 2. The number of nitrogen functional groups attached to an aromatic ring is 1. The molecule has 92 valence electrons. The molecule has 3 N–H and O–H groups in total. The summed E-state index contributed by atoms with van der Waals surface area (Å²) in [6.45, 7) is 1.11. The number of benzene rings is 1. The van der Waals surface area contributed by atoms with Gasteiger partial charge in [-0.15, -0.1) is 0 Å². The molecule has 0 heterocycles. The molecule has 17 heavy (non-hydrogen) atoms. The highest BCUT2D eigenvalue weighted by Crippen LogP contribution is 2.31.